The molecular formula is C8H9NOS2. The van der Waals surface area contributed by atoms with Gasteiger partial charge >= 0.3 is 0 Å². The third-order valence-electron chi connectivity index (χ3n) is 1.35. The van der Waals surface area contributed by atoms with Crippen molar-refractivity contribution in [2.75, 3.05) is 14.1 Å². The molecule has 12 heavy (non-hydrogen) atoms. The molecule has 0 N–H and O–H groups in total. The number of Topliss-reactive ketones (excluding diaryl/α,β-unsaturated/α-hetero) is 1. The molecule has 0 fully saturated rings. The van der Waals surface area contributed by atoms with Gasteiger partial charge in [-0.2, -0.15) is 0 Å². The summed E-state index contributed by atoms with van der Waals surface area (Å²) in [6.07, 6.45) is 0. The van der Waals surface area contributed by atoms with Crippen LogP contribution in [0.25, 0.3) is 0 Å². The predicted octanol–water partition coefficient (Wildman–Crippen LogP) is 1.82. The summed E-state index contributed by atoms with van der Waals surface area (Å²) < 4.78 is 0. The Kier molecular flexibility index (Phi) is 2.94. The first-order valence-electron chi connectivity index (χ1n) is 3.42. The van der Waals surface area contributed by atoms with Gasteiger partial charge in [-0.25, -0.2) is 0 Å². The number of likely N-dealkylation sites (N-methyl/N-ethyl adjacent to an activating group) is 1. The minimum atomic E-state index is -0.0648. The van der Waals surface area contributed by atoms with E-state index in [1.807, 2.05) is 11.4 Å². The molecule has 0 aromatic carbocycles. The molecule has 0 unspecified atom stereocenters. The summed E-state index contributed by atoms with van der Waals surface area (Å²) in [5.74, 6) is -0.0648. The Morgan fingerprint density at radius 3 is 2.67 bits per heavy atom. The summed E-state index contributed by atoms with van der Waals surface area (Å²) in [6, 6.07) is 3.62. The second-order valence-electron chi connectivity index (χ2n) is 2.51. The van der Waals surface area contributed by atoms with Crippen molar-refractivity contribution in [2.45, 2.75) is 0 Å². The molecule has 0 bridgehead atoms. The third-order valence-corrected chi connectivity index (χ3v) is 2.76. The van der Waals surface area contributed by atoms with Crippen LogP contribution in [0.2, 0.25) is 0 Å². The fourth-order valence-electron chi connectivity index (χ4n) is 0.716. The van der Waals surface area contributed by atoms with Gasteiger partial charge in [-0.3, -0.25) is 4.79 Å². The van der Waals surface area contributed by atoms with E-state index in [0.717, 1.165) is 0 Å². The number of rotatable bonds is 2. The molecule has 2 nitrogen and oxygen atoms in total. The van der Waals surface area contributed by atoms with Crippen molar-refractivity contribution in [3.8, 4) is 0 Å². The smallest absolute Gasteiger partial charge is 0.230 e. The lowest BCUT2D eigenvalue weighted by Gasteiger charge is -2.10. The average Bonchev–Trinajstić information content (AvgIpc) is 2.53. The van der Waals surface area contributed by atoms with Crippen molar-refractivity contribution in [2.24, 2.45) is 0 Å². The molecule has 0 saturated heterocycles. The Balaban J connectivity index is 2.80. The zero-order valence-corrected chi connectivity index (χ0v) is 8.54. The van der Waals surface area contributed by atoms with E-state index in [1.54, 1.807) is 25.1 Å². The molecule has 64 valence electrons. The Bertz CT molecular complexity index is 290. The van der Waals surface area contributed by atoms with Crippen LogP contribution in [0.3, 0.4) is 0 Å². The van der Waals surface area contributed by atoms with Gasteiger partial charge < -0.3 is 4.90 Å². The van der Waals surface area contributed by atoms with E-state index in [9.17, 15) is 4.79 Å². The summed E-state index contributed by atoms with van der Waals surface area (Å²) in [7, 11) is 3.54. The van der Waals surface area contributed by atoms with Crippen LogP contribution in [0.1, 0.15) is 9.67 Å². The molecule has 0 aliphatic heterocycles. The maximum Gasteiger partial charge on any atom is 0.230 e. The molecule has 0 aliphatic carbocycles. The topological polar surface area (TPSA) is 20.3 Å². The van der Waals surface area contributed by atoms with Crippen LogP contribution in [0.15, 0.2) is 17.5 Å². The van der Waals surface area contributed by atoms with Gasteiger partial charge in [-0.05, 0) is 11.4 Å². The van der Waals surface area contributed by atoms with E-state index < -0.39 is 0 Å². The monoisotopic (exact) mass is 199 g/mol. The molecule has 1 aromatic rings. The van der Waals surface area contributed by atoms with Gasteiger partial charge in [-0.1, -0.05) is 18.3 Å². The molecule has 1 heterocycles. The van der Waals surface area contributed by atoms with Crippen molar-refractivity contribution in [3.05, 3.63) is 22.4 Å². The first-order chi connectivity index (χ1) is 5.63. The number of thiophene rings is 1. The Hall–Kier alpha value is -0.740. The van der Waals surface area contributed by atoms with Crippen molar-refractivity contribution in [1.82, 2.24) is 4.90 Å². The minimum absolute atomic E-state index is 0.0648. The van der Waals surface area contributed by atoms with E-state index in [0.29, 0.717) is 9.87 Å². The molecule has 0 saturated carbocycles. The van der Waals surface area contributed by atoms with Gasteiger partial charge in [0, 0.05) is 14.1 Å². The van der Waals surface area contributed by atoms with E-state index in [2.05, 4.69) is 0 Å². The first-order valence-corrected chi connectivity index (χ1v) is 4.71. The van der Waals surface area contributed by atoms with Crippen LogP contribution in [-0.2, 0) is 0 Å². The number of nitrogens with zero attached hydrogens (tertiary/aromatic N) is 1. The number of thiocarbonyl (C=S) groups is 1. The van der Waals surface area contributed by atoms with E-state index in [4.69, 9.17) is 12.2 Å². The van der Waals surface area contributed by atoms with Crippen LogP contribution in [0.5, 0.6) is 0 Å². The fourth-order valence-corrected chi connectivity index (χ4v) is 1.56. The van der Waals surface area contributed by atoms with Gasteiger partial charge in [0.15, 0.2) is 4.99 Å². The number of ketones is 1. The fraction of sp³-hybridized carbons (Fsp3) is 0.250. The molecule has 0 radical (unpaired) electrons. The standard InChI is InChI=1S/C8H9NOS2/c1-9(2)8(11)7(10)6-4-3-5-12-6/h3-5H,1-2H3. The summed E-state index contributed by atoms with van der Waals surface area (Å²) in [5.41, 5.74) is 0. The maximum atomic E-state index is 11.5. The van der Waals surface area contributed by atoms with Crippen LogP contribution in [0, 0.1) is 0 Å². The Morgan fingerprint density at radius 2 is 2.25 bits per heavy atom. The van der Waals surface area contributed by atoms with Gasteiger partial charge in [0.1, 0.15) is 0 Å². The molecule has 0 aliphatic rings. The van der Waals surface area contributed by atoms with Crippen molar-refractivity contribution >= 4 is 34.3 Å². The highest BCUT2D eigenvalue weighted by Crippen LogP contribution is 2.10. The van der Waals surface area contributed by atoms with E-state index in [1.165, 1.54) is 11.3 Å². The third kappa shape index (κ3) is 1.89. The molecular weight excluding hydrogens is 190 g/mol. The number of carbonyl (C=O) groups excluding carboxylic acids is 1. The summed E-state index contributed by atoms with van der Waals surface area (Å²) in [6.45, 7) is 0. The minimum Gasteiger partial charge on any atom is -0.366 e. The second-order valence-corrected chi connectivity index (χ2v) is 3.84. The van der Waals surface area contributed by atoms with Gasteiger partial charge in [0.25, 0.3) is 0 Å². The summed E-state index contributed by atoms with van der Waals surface area (Å²) >= 11 is 6.34. The van der Waals surface area contributed by atoms with E-state index in [-0.39, 0.29) is 5.78 Å². The number of hydrogen-bond donors (Lipinski definition) is 0. The predicted molar refractivity (Wildman–Crippen MR) is 54.9 cm³/mol. The molecule has 1 aromatic heterocycles. The largest absolute Gasteiger partial charge is 0.366 e. The van der Waals surface area contributed by atoms with Crippen molar-refractivity contribution in [1.29, 1.82) is 0 Å². The molecule has 0 atom stereocenters. The van der Waals surface area contributed by atoms with Crippen LogP contribution >= 0.6 is 23.6 Å². The maximum absolute atomic E-state index is 11.5. The highest BCUT2D eigenvalue weighted by molar-refractivity contribution is 7.82. The van der Waals surface area contributed by atoms with E-state index >= 15 is 0 Å². The average molecular weight is 199 g/mol. The Labute approximate surface area is 80.8 Å². The zero-order chi connectivity index (χ0) is 9.14. The molecule has 0 spiro atoms. The summed E-state index contributed by atoms with van der Waals surface area (Å²) in [5, 5.41) is 1.87. The molecule has 4 heteroatoms. The SMILES string of the molecule is CN(C)C(=S)C(=O)c1cccs1. The van der Waals surface area contributed by atoms with Crippen LogP contribution < -0.4 is 0 Å². The van der Waals surface area contributed by atoms with Crippen molar-refractivity contribution < 1.29 is 4.79 Å². The normalized spacial score (nSPS) is 9.50. The quantitative estimate of drug-likeness (QED) is 0.535. The Morgan fingerprint density at radius 1 is 1.58 bits per heavy atom. The lowest BCUT2D eigenvalue weighted by atomic mass is 10.3. The number of carbonyl (C=O) groups is 1. The molecule has 1 rings (SSSR count). The lowest BCUT2D eigenvalue weighted by Crippen LogP contribution is -2.27. The van der Waals surface area contributed by atoms with Crippen LogP contribution in [0.4, 0.5) is 0 Å². The zero-order valence-electron chi connectivity index (χ0n) is 6.90. The highest BCUT2D eigenvalue weighted by Gasteiger charge is 2.13. The summed E-state index contributed by atoms with van der Waals surface area (Å²) in [4.78, 5) is 14.2. The van der Waals surface area contributed by atoms with Crippen LogP contribution in [-0.4, -0.2) is 29.8 Å². The molecule has 0 amide bonds. The first kappa shape index (κ1) is 9.35. The van der Waals surface area contributed by atoms with Gasteiger partial charge in [0.05, 0.1) is 4.88 Å². The lowest BCUT2D eigenvalue weighted by molar-refractivity contribution is 0.106. The highest BCUT2D eigenvalue weighted by atomic mass is 32.1. The number of hydrogen-bond acceptors (Lipinski definition) is 3. The van der Waals surface area contributed by atoms with Gasteiger partial charge in [0.2, 0.25) is 5.78 Å². The second kappa shape index (κ2) is 3.78. The van der Waals surface area contributed by atoms with Crippen molar-refractivity contribution in [3.63, 3.8) is 0 Å². The van der Waals surface area contributed by atoms with Gasteiger partial charge in [-0.15, -0.1) is 11.3 Å².